The van der Waals surface area contributed by atoms with E-state index in [0.29, 0.717) is 16.9 Å². The van der Waals surface area contributed by atoms with Gasteiger partial charge in [0.2, 0.25) is 0 Å². The average molecular weight is 522 g/mol. The van der Waals surface area contributed by atoms with Crippen molar-refractivity contribution < 1.29 is 14.3 Å². The van der Waals surface area contributed by atoms with Gasteiger partial charge in [0.25, 0.3) is 11.8 Å². The molecule has 3 rings (SSSR count). The van der Waals surface area contributed by atoms with Crippen LogP contribution >= 0.6 is 23.2 Å². The predicted molar refractivity (Wildman–Crippen MR) is 145 cm³/mol. The molecular formula is C28H25Cl2N3O3. The van der Waals surface area contributed by atoms with Gasteiger partial charge in [-0.15, -0.1) is 0 Å². The summed E-state index contributed by atoms with van der Waals surface area (Å²) < 4.78 is 5.57. The van der Waals surface area contributed by atoms with Gasteiger partial charge in [-0.25, -0.2) is 0 Å². The van der Waals surface area contributed by atoms with E-state index in [2.05, 4.69) is 10.6 Å². The maximum atomic E-state index is 12.7. The number of rotatable bonds is 7. The van der Waals surface area contributed by atoms with Crippen LogP contribution in [0.5, 0.6) is 5.75 Å². The molecule has 0 heterocycles. The molecule has 0 saturated carbocycles. The minimum absolute atomic E-state index is 0.121. The molecule has 0 aliphatic carbocycles. The van der Waals surface area contributed by atoms with Crippen LogP contribution in [-0.4, -0.2) is 18.4 Å². The second kappa shape index (κ2) is 11.8. The van der Waals surface area contributed by atoms with Gasteiger partial charge in [0, 0.05) is 11.4 Å². The highest BCUT2D eigenvalue weighted by atomic mass is 35.5. The summed E-state index contributed by atoms with van der Waals surface area (Å²) in [6.45, 7) is 7.36. The zero-order valence-corrected chi connectivity index (χ0v) is 21.8. The number of carbonyl (C=O) groups excluding carboxylic acids is 2. The van der Waals surface area contributed by atoms with Gasteiger partial charge >= 0.3 is 0 Å². The fraction of sp³-hybridized carbons (Fsp3) is 0.179. The smallest absolute Gasteiger partial charge is 0.266 e. The normalized spacial score (nSPS) is 11.0. The zero-order chi connectivity index (χ0) is 26.4. The Labute approximate surface area is 220 Å². The van der Waals surface area contributed by atoms with E-state index in [1.807, 2.05) is 64.1 Å². The van der Waals surface area contributed by atoms with Gasteiger partial charge in [-0.3, -0.25) is 9.59 Å². The Hall–Kier alpha value is -3.79. The molecule has 0 bridgehead atoms. The molecule has 0 unspecified atom stereocenters. The average Bonchev–Trinajstić information content (AvgIpc) is 2.82. The Balaban J connectivity index is 1.72. The molecule has 6 nitrogen and oxygen atoms in total. The van der Waals surface area contributed by atoms with E-state index in [-0.39, 0.29) is 33.9 Å². The van der Waals surface area contributed by atoms with Crippen molar-refractivity contribution >= 4 is 52.5 Å². The number of nitrogens with zero attached hydrogens (tertiary/aromatic N) is 1. The SMILES string of the molecule is Cc1ccc(C)c(NC(=O)COc2c(Cl)cc(/C=C(/C#N)C(=O)Nc3cccc(C)c3C)cc2Cl)c1. The minimum atomic E-state index is -0.554. The van der Waals surface area contributed by atoms with Crippen LogP contribution in [0, 0.1) is 39.0 Å². The molecule has 0 atom stereocenters. The molecule has 0 fully saturated rings. The summed E-state index contributed by atoms with van der Waals surface area (Å²) in [7, 11) is 0. The fourth-order valence-corrected chi connectivity index (χ4v) is 4.00. The first-order valence-corrected chi connectivity index (χ1v) is 11.8. The summed E-state index contributed by atoms with van der Waals surface area (Å²) in [5, 5.41) is 15.4. The third kappa shape index (κ3) is 6.66. The molecule has 2 N–H and O–H groups in total. The van der Waals surface area contributed by atoms with Gasteiger partial charge in [-0.05, 0) is 85.9 Å². The number of amides is 2. The van der Waals surface area contributed by atoms with Crippen LogP contribution in [0.2, 0.25) is 10.0 Å². The Morgan fingerprint density at radius 3 is 2.31 bits per heavy atom. The number of anilines is 2. The number of nitriles is 1. The second-order valence-corrected chi connectivity index (χ2v) is 9.15. The highest BCUT2D eigenvalue weighted by Crippen LogP contribution is 2.35. The molecule has 184 valence electrons. The van der Waals surface area contributed by atoms with E-state index in [1.54, 1.807) is 6.07 Å². The third-order valence-electron chi connectivity index (χ3n) is 5.56. The van der Waals surface area contributed by atoms with Crippen molar-refractivity contribution in [2.45, 2.75) is 27.7 Å². The molecule has 3 aromatic carbocycles. The highest BCUT2D eigenvalue weighted by molar-refractivity contribution is 6.37. The third-order valence-corrected chi connectivity index (χ3v) is 6.13. The number of hydrogen-bond acceptors (Lipinski definition) is 4. The number of ether oxygens (including phenoxy) is 1. The standard InChI is InChI=1S/C28H25Cl2N3O3/c1-16-8-9-18(3)25(10-16)32-26(34)15-36-27-22(29)12-20(13-23(27)30)11-21(14-31)28(35)33-24-7-5-6-17(2)19(24)4/h5-13H,15H2,1-4H3,(H,32,34)(H,33,35)/b21-11-. The van der Waals surface area contributed by atoms with Gasteiger partial charge in [0.15, 0.2) is 12.4 Å². The number of halogens is 2. The number of aryl methyl sites for hydroxylation is 3. The van der Waals surface area contributed by atoms with E-state index >= 15 is 0 Å². The van der Waals surface area contributed by atoms with E-state index in [9.17, 15) is 14.9 Å². The van der Waals surface area contributed by atoms with E-state index in [4.69, 9.17) is 27.9 Å². The van der Waals surface area contributed by atoms with Crippen LogP contribution in [0.4, 0.5) is 11.4 Å². The van der Waals surface area contributed by atoms with Crippen LogP contribution < -0.4 is 15.4 Å². The summed E-state index contributed by atoms with van der Waals surface area (Å²) >= 11 is 12.7. The lowest BCUT2D eigenvalue weighted by Crippen LogP contribution is -2.21. The van der Waals surface area contributed by atoms with Gasteiger partial charge < -0.3 is 15.4 Å². The van der Waals surface area contributed by atoms with Crippen molar-refractivity contribution in [1.29, 1.82) is 5.26 Å². The topological polar surface area (TPSA) is 91.2 Å². The maximum absolute atomic E-state index is 12.7. The van der Waals surface area contributed by atoms with Crippen molar-refractivity contribution in [2.75, 3.05) is 17.2 Å². The van der Waals surface area contributed by atoms with Gasteiger partial charge in [-0.1, -0.05) is 47.5 Å². The van der Waals surface area contributed by atoms with Crippen LogP contribution in [0.1, 0.15) is 27.8 Å². The van der Waals surface area contributed by atoms with Gasteiger partial charge in [0.05, 0.1) is 10.0 Å². The van der Waals surface area contributed by atoms with E-state index in [1.165, 1.54) is 18.2 Å². The Bertz CT molecular complexity index is 1380. The fourth-order valence-electron chi connectivity index (χ4n) is 3.39. The molecule has 0 radical (unpaired) electrons. The number of nitrogens with one attached hydrogen (secondary N) is 2. The second-order valence-electron chi connectivity index (χ2n) is 8.34. The largest absolute Gasteiger partial charge is 0.481 e. The lowest BCUT2D eigenvalue weighted by atomic mass is 10.1. The van der Waals surface area contributed by atoms with Gasteiger partial charge in [0.1, 0.15) is 11.6 Å². The molecule has 0 saturated heterocycles. The van der Waals surface area contributed by atoms with Crippen LogP contribution in [0.3, 0.4) is 0 Å². The molecule has 0 aromatic heterocycles. The van der Waals surface area contributed by atoms with Gasteiger partial charge in [-0.2, -0.15) is 5.26 Å². The van der Waals surface area contributed by atoms with E-state index in [0.717, 1.165) is 22.3 Å². The number of hydrogen-bond donors (Lipinski definition) is 2. The molecule has 0 aliphatic rings. The minimum Gasteiger partial charge on any atom is -0.481 e. The first kappa shape index (κ1) is 26.8. The molecular weight excluding hydrogens is 497 g/mol. The highest BCUT2D eigenvalue weighted by Gasteiger charge is 2.15. The Morgan fingerprint density at radius 2 is 1.64 bits per heavy atom. The van der Waals surface area contributed by atoms with Crippen LogP contribution in [0.25, 0.3) is 6.08 Å². The van der Waals surface area contributed by atoms with Crippen molar-refractivity contribution in [1.82, 2.24) is 0 Å². The molecule has 2 amide bonds. The molecule has 3 aromatic rings. The monoisotopic (exact) mass is 521 g/mol. The van der Waals surface area contributed by atoms with Crippen LogP contribution in [-0.2, 0) is 9.59 Å². The summed E-state index contributed by atoms with van der Waals surface area (Å²) in [4.78, 5) is 25.1. The predicted octanol–water partition coefficient (Wildman–Crippen LogP) is 6.79. The summed E-state index contributed by atoms with van der Waals surface area (Å²) in [5.74, 6) is -0.790. The summed E-state index contributed by atoms with van der Waals surface area (Å²) in [5.41, 5.74) is 5.52. The van der Waals surface area contributed by atoms with Crippen molar-refractivity contribution in [3.63, 3.8) is 0 Å². The molecule has 8 heteroatoms. The quantitative estimate of drug-likeness (QED) is 0.264. The zero-order valence-electron chi connectivity index (χ0n) is 20.3. The summed E-state index contributed by atoms with van der Waals surface area (Å²) in [6.07, 6.45) is 1.38. The van der Waals surface area contributed by atoms with Crippen molar-refractivity contribution in [3.05, 3.63) is 92.0 Å². The number of carbonyl (C=O) groups is 2. The first-order valence-electron chi connectivity index (χ1n) is 11.1. The van der Waals surface area contributed by atoms with Crippen molar-refractivity contribution in [2.24, 2.45) is 0 Å². The molecule has 0 spiro atoms. The Morgan fingerprint density at radius 1 is 0.944 bits per heavy atom. The summed E-state index contributed by atoms with van der Waals surface area (Å²) in [6, 6.07) is 16.2. The van der Waals surface area contributed by atoms with E-state index < -0.39 is 5.91 Å². The number of benzene rings is 3. The molecule has 0 aliphatic heterocycles. The van der Waals surface area contributed by atoms with Crippen LogP contribution in [0.15, 0.2) is 54.1 Å². The maximum Gasteiger partial charge on any atom is 0.266 e. The lowest BCUT2D eigenvalue weighted by molar-refractivity contribution is -0.118. The Kier molecular flexibility index (Phi) is 8.76. The molecule has 36 heavy (non-hydrogen) atoms. The van der Waals surface area contributed by atoms with Crippen molar-refractivity contribution in [3.8, 4) is 11.8 Å². The first-order chi connectivity index (χ1) is 17.1. The lowest BCUT2D eigenvalue weighted by Gasteiger charge is -2.13.